The summed E-state index contributed by atoms with van der Waals surface area (Å²) >= 11 is 0. The number of benzene rings is 1. The lowest BCUT2D eigenvalue weighted by Crippen LogP contribution is -2.57. The van der Waals surface area contributed by atoms with Crippen molar-refractivity contribution in [2.75, 3.05) is 31.6 Å². The summed E-state index contributed by atoms with van der Waals surface area (Å²) in [7, 11) is 1.94. The van der Waals surface area contributed by atoms with Crippen molar-refractivity contribution in [3.8, 4) is 0 Å². The zero-order chi connectivity index (χ0) is 25.8. The Bertz CT molecular complexity index is 1320. The van der Waals surface area contributed by atoms with Crippen LogP contribution < -0.4 is 5.32 Å². The summed E-state index contributed by atoms with van der Waals surface area (Å²) < 4.78 is 21.7. The summed E-state index contributed by atoms with van der Waals surface area (Å²) in [6.07, 6.45) is 4.60. The third-order valence-corrected chi connectivity index (χ3v) is 7.98. The number of amides is 1. The van der Waals surface area contributed by atoms with Crippen LogP contribution in [0.2, 0.25) is 0 Å². The Morgan fingerprint density at radius 3 is 2.65 bits per heavy atom. The molecule has 2 aliphatic heterocycles. The molecule has 1 atom stereocenters. The fourth-order valence-electron chi connectivity index (χ4n) is 5.42. The summed E-state index contributed by atoms with van der Waals surface area (Å²) in [6.45, 7) is 5.71. The average Bonchev–Trinajstić information content (AvgIpc) is 3.61. The van der Waals surface area contributed by atoms with E-state index in [0.29, 0.717) is 44.3 Å². The molecule has 3 aromatic rings. The zero-order valence-corrected chi connectivity index (χ0v) is 21.6. The molecule has 6 rings (SSSR count). The number of carbonyl (C=O) groups excluding carboxylic acids is 1. The highest BCUT2D eigenvalue weighted by molar-refractivity contribution is 6.03. The molecule has 9 heteroatoms. The second-order valence-corrected chi connectivity index (χ2v) is 11.3. The number of anilines is 1. The first-order chi connectivity index (χ1) is 17.7. The van der Waals surface area contributed by atoms with Crippen molar-refractivity contribution in [1.82, 2.24) is 24.6 Å². The quantitative estimate of drug-likeness (QED) is 0.500. The van der Waals surface area contributed by atoms with Crippen LogP contribution in [0.15, 0.2) is 42.7 Å². The van der Waals surface area contributed by atoms with Gasteiger partial charge in [0.25, 0.3) is 5.91 Å². The molecule has 1 amide bonds. The third-order valence-electron chi connectivity index (χ3n) is 7.98. The second-order valence-electron chi connectivity index (χ2n) is 11.3. The smallest absolute Gasteiger partial charge is 0.274 e. The number of halogens is 1. The van der Waals surface area contributed by atoms with E-state index in [1.807, 2.05) is 35.9 Å². The SMILES string of the molecule is C[C@@H](c1cc(C(=O)Nc2cccc(C3(Cc4nncn4C)COC3)c2)nc(C2CC2)c1)N1CC(C)(F)C1. The van der Waals surface area contributed by atoms with Crippen LogP contribution in [-0.2, 0) is 23.6 Å². The van der Waals surface area contributed by atoms with Crippen LogP contribution >= 0.6 is 0 Å². The Morgan fingerprint density at radius 1 is 1.24 bits per heavy atom. The van der Waals surface area contributed by atoms with Crippen molar-refractivity contribution < 1.29 is 13.9 Å². The minimum Gasteiger partial charge on any atom is -0.379 e. The van der Waals surface area contributed by atoms with Crippen LogP contribution in [0.25, 0.3) is 0 Å². The van der Waals surface area contributed by atoms with Crippen LogP contribution in [0.3, 0.4) is 0 Å². The van der Waals surface area contributed by atoms with Gasteiger partial charge in [-0.3, -0.25) is 9.69 Å². The van der Waals surface area contributed by atoms with Gasteiger partial charge in [0.2, 0.25) is 0 Å². The average molecular weight is 505 g/mol. The normalized spacial score (nSPS) is 21.1. The maximum absolute atomic E-state index is 14.1. The minimum absolute atomic E-state index is 0.0262. The molecule has 0 bridgehead atoms. The molecule has 0 spiro atoms. The van der Waals surface area contributed by atoms with Crippen LogP contribution in [0.1, 0.15) is 71.8 Å². The van der Waals surface area contributed by atoms with E-state index in [0.717, 1.165) is 41.2 Å². The van der Waals surface area contributed by atoms with Crippen molar-refractivity contribution in [1.29, 1.82) is 0 Å². The molecule has 1 aromatic carbocycles. The van der Waals surface area contributed by atoms with Crippen LogP contribution in [0, 0.1) is 0 Å². The van der Waals surface area contributed by atoms with E-state index in [4.69, 9.17) is 9.72 Å². The molecule has 37 heavy (non-hydrogen) atoms. The van der Waals surface area contributed by atoms with E-state index in [9.17, 15) is 9.18 Å². The number of rotatable bonds is 8. The lowest BCUT2D eigenvalue weighted by molar-refractivity contribution is -0.0610. The number of nitrogens with one attached hydrogen (secondary N) is 1. The van der Waals surface area contributed by atoms with E-state index in [1.165, 1.54) is 0 Å². The molecule has 0 radical (unpaired) electrons. The van der Waals surface area contributed by atoms with Gasteiger partial charge in [-0.25, -0.2) is 9.37 Å². The number of hydrogen-bond donors (Lipinski definition) is 1. The Balaban J connectivity index is 1.22. The molecule has 2 aromatic heterocycles. The van der Waals surface area contributed by atoms with E-state index in [-0.39, 0.29) is 17.4 Å². The highest BCUT2D eigenvalue weighted by atomic mass is 19.1. The van der Waals surface area contributed by atoms with Crippen LogP contribution in [0.4, 0.5) is 10.1 Å². The van der Waals surface area contributed by atoms with Crippen molar-refractivity contribution >= 4 is 11.6 Å². The maximum atomic E-state index is 14.1. The first-order valence-electron chi connectivity index (χ1n) is 13.0. The number of nitrogens with zero attached hydrogens (tertiary/aromatic N) is 5. The van der Waals surface area contributed by atoms with Gasteiger partial charge >= 0.3 is 0 Å². The molecular formula is C28H33FN6O2. The number of ether oxygens (including phenoxy) is 1. The summed E-state index contributed by atoms with van der Waals surface area (Å²) in [5.41, 5.74) is 2.86. The minimum atomic E-state index is -1.14. The number of carbonyl (C=O) groups is 1. The van der Waals surface area contributed by atoms with Gasteiger partial charge in [-0.15, -0.1) is 10.2 Å². The van der Waals surface area contributed by atoms with Gasteiger partial charge in [0.1, 0.15) is 23.5 Å². The second kappa shape index (κ2) is 8.99. The lowest BCUT2D eigenvalue weighted by Gasteiger charge is -2.46. The van der Waals surface area contributed by atoms with Crippen molar-refractivity contribution in [2.24, 2.45) is 7.05 Å². The zero-order valence-electron chi connectivity index (χ0n) is 21.6. The first-order valence-corrected chi connectivity index (χ1v) is 13.0. The molecule has 1 saturated carbocycles. The summed E-state index contributed by atoms with van der Waals surface area (Å²) in [6, 6.07) is 11.9. The first kappa shape index (κ1) is 24.2. The molecular weight excluding hydrogens is 471 g/mol. The molecule has 1 aliphatic carbocycles. The third kappa shape index (κ3) is 4.78. The van der Waals surface area contributed by atoms with Crippen molar-refractivity contribution in [2.45, 2.75) is 56.2 Å². The predicted molar refractivity (Wildman–Crippen MR) is 137 cm³/mol. The highest BCUT2D eigenvalue weighted by Crippen LogP contribution is 2.41. The van der Waals surface area contributed by atoms with Gasteiger partial charge in [-0.05, 0) is 62.1 Å². The van der Waals surface area contributed by atoms with Gasteiger partial charge in [0.05, 0.1) is 13.2 Å². The fourth-order valence-corrected chi connectivity index (χ4v) is 5.42. The summed E-state index contributed by atoms with van der Waals surface area (Å²) in [5, 5.41) is 11.3. The largest absolute Gasteiger partial charge is 0.379 e. The van der Waals surface area contributed by atoms with Crippen molar-refractivity contribution in [3.63, 3.8) is 0 Å². The molecule has 3 fully saturated rings. The Morgan fingerprint density at radius 2 is 2.03 bits per heavy atom. The topological polar surface area (TPSA) is 85.2 Å². The molecule has 4 heterocycles. The Labute approximate surface area is 216 Å². The number of aromatic nitrogens is 4. The predicted octanol–water partition coefficient (Wildman–Crippen LogP) is 3.96. The molecule has 194 valence electrons. The Hall–Kier alpha value is -3.17. The van der Waals surface area contributed by atoms with E-state index in [1.54, 1.807) is 13.3 Å². The standard InChI is InChI=1S/C28H33FN6O2/c1-18(35-13-27(2,29)14-35)20-9-23(19-7-8-19)32-24(10-20)26(36)31-22-6-4-5-21(11-22)28(15-37-16-28)12-25-33-30-17-34(25)3/h4-6,9-11,17-19H,7-8,12-16H2,1-3H3,(H,31,36)/t18-/m0/s1. The summed E-state index contributed by atoms with van der Waals surface area (Å²) in [5.74, 6) is 1.07. The van der Waals surface area contributed by atoms with E-state index in [2.05, 4.69) is 39.5 Å². The monoisotopic (exact) mass is 504 g/mol. The highest BCUT2D eigenvalue weighted by Gasteiger charge is 2.43. The van der Waals surface area contributed by atoms with Gasteiger partial charge in [0, 0.05) is 55.3 Å². The molecule has 1 N–H and O–H groups in total. The number of pyridine rings is 1. The van der Waals surface area contributed by atoms with Gasteiger partial charge in [-0.1, -0.05) is 12.1 Å². The van der Waals surface area contributed by atoms with Gasteiger partial charge in [0.15, 0.2) is 0 Å². The lowest BCUT2D eigenvalue weighted by atomic mass is 9.75. The molecule has 2 saturated heterocycles. The van der Waals surface area contributed by atoms with Gasteiger partial charge < -0.3 is 14.6 Å². The summed E-state index contributed by atoms with van der Waals surface area (Å²) in [4.78, 5) is 20.2. The van der Waals surface area contributed by atoms with Crippen molar-refractivity contribution in [3.05, 3.63) is 71.1 Å². The maximum Gasteiger partial charge on any atom is 0.274 e. The number of aryl methyl sites for hydroxylation is 1. The number of hydrogen-bond acceptors (Lipinski definition) is 6. The molecule has 3 aliphatic rings. The van der Waals surface area contributed by atoms with E-state index >= 15 is 0 Å². The molecule has 8 nitrogen and oxygen atoms in total. The van der Waals surface area contributed by atoms with Crippen LogP contribution in [-0.4, -0.2) is 62.5 Å². The van der Waals surface area contributed by atoms with E-state index < -0.39 is 5.67 Å². The van der Waals surface area contributed by atoms with Crippen LogP contribution in [0.5, 0.6) is 0 Å². The Kier molecular flexibility index (Phi) is 5.88. The molecule has 0 unspecified atom stereocenters. The van der Waals surface area contributed by atoms with Gasteiger partial charge in [-0.2, -0.15) is 0 Å². The number of likely N-dealkylation sites (tertiary alicyclic amines) is 1. The number of alkyl halides is 1. The fraction of sp³-hybridized carbons (Fsp3) is 0.500.